The zero-order valence-electron chi connectivity index (χ0n) is 9.18. The van der Waals surface area contributed by atoms with E-state index in [9.17, 15) is 13.5 Å². The van der Waals surface area contributed by atoms with Crippen LogP contribution in [0.3, 0.4) is 0 Å². The molecule has 0 saturated carbocycles. The minimum atomic E-state index is -3.21. The van der Waals surface area contributed by atoms with Gasteiger partial charge >= 0.3 is 0 Å². The van der Waals surface area contributed by atoms with E-state index in [1.165, 1.54) is 18.4 Å². The lowest BCUT2D eigenvalue weighted by Crippen LogP contribution is -2.18. The summed E-state index contributed by atoms with van der Waals surface area (Å²) in [5.41, 5.74) is 0.625. The smallest absolute Gasteiger partial charge is 0.175 e. The fraction of sp³-hybridized carbons (Fsp3) is 0.455. The summed E-state index contributed by atoms with van der Waals surface area (Å²) in [5.74, 6) is 0.148. The van der Waals surface area contributed by atoms with Gasteiger partial charge < -0.3 is 10.0 Å². The van der Waals surface area contributed by atoms with E-state index in [0.29, 0.717) is 5.69 Å². The Bertz CT molecular complexity index is 490. The van der Waals surface area contributed by atoms with Crippen molar-refractivity contribution < 1.29 is 13.5 Å². The van der Waals surface area contributed by atoms with Gasteiger partial charge in [0.2, 0.25) is 0 Å². The number of rotatable bonds is 2. The second-order valence-corrected chi connectivity index (χ2v) is 6.13. The maximum Gasteiger partial charge on any atom is 0.175 e. The average Bonchev–Trinajstić information content (AvgIpc) is 2.69. The molecule has 1 aromatic rings. The summed E-state index contributed by atoms with van der Waals surface area (Å²) in [6, 6.07) is 4.43. The molecular formula is C11H15NO3S. The van der Waals surface area contributed by atoms with Crippen LogP contribution in [0.15, 0.2) is 23.1 Å². The summed E-state index contributed by atoms with van der Waals surface area (Å²) < 4.78 is 22.8. The summed E-state index contributed by atoms with van der Waals surface area (Å²) in [6.07, 6.45) is 3.35. The summed E-state index contributed by atoms with van der Waals surface area (Å²) in [6.45, 7) is 1.75. The van der Waals surface area contributed by atoms with E-state index in [1.54, 1.807) is 6.07 Å². The summed E-state index contributed by atoms with van der Waals surface area (Å²) in [7, 11) is -3.21. The van der Waals surface area contributed by atoms with Gasteiger partial charge in [0.15, 0.2) is 9.84 Å². The first-order valence-electron chi connectivity index (χ1n) is 5.26. The molecule has 1 aromatic carbocycles. The van der Waals surface area contributed by atoms with Crippen molar-refractivity contribution in [2.45, 2.75) is 17.7 Å². The second kappa shape index (κ2) is 3.97. The van der Waals surface area contributed by atoms with Gasteiger partial charge in [0.05, 0.1) is 10.6 Å². The number of phenols is 1. The Balaban J connectivity index is 2.44. The third-order valence-electron chi connectivity index (χ3n) is 2.82. The van der Waals surface area contributed by atoms with Crippen molar-refractivity contribution in [3.8, 4) is 5.75 Å². The molecule has 0 aromatic heterocycles. The molecule has 1 heterocycles. The molecule has 0 bridgehead atoms. The van der Waals surface area contributed by atoms with Crippen LogP contribution in [0, 0.1) is 0 Å². The quantitative estimate of drug-likeness (QED) is 0.850. The van der Waals surface area contributed by atoms with Crippen LogP contribution in [-0.2, 0) is 9.84 Å². The fourth-order valence-electron chi connectivity index (χ4n) is 1.95. The molecule has 0 radical (unpaired) electrons. The highest BCUT2D eigenvalue weighted by atomic mass is 32.2. The first-order valence-corrected chi connectivity index (χ1v) is 7.15. The molecule has 0 atom stereocenters. The van der Waals surface area contributed by atoms with Crippen molar-refractivity contribution in [3.63, 3.8) is 0 Å². The van der Waals surface area contributed by atoms with Crippen LogP contribution in [-0.4, -0.2) is 32.9 Å². The van der Waals surface area contributed by atoms with Gasteiger partial charge in [-0.3, -0.25) is 0 Å². The van der Waals surface area contributed by atoms with Crippen molar-refractivity contribution in [1.29, 1.82) is 0 Å². The fourth-order valence-corrected chi connectivity index (χ4v) is 2.59. The molecule has 1 fully saturated rings. The van der Waals surface area contributed by atoms with Crippen LogP contribution >= 0.6 is 0 Å². The van der Waals surface area contributed by atoms with Gasteiger partial charge in [-0.05, 0) is 31.0 Å². The van der Waals surface area contributed by atoms with E-state index in [4.69, 9.17) is 0 Å². The number of aromatic hydroxyl groups is 1. The Hall–Kier alpha value is -1.23. The first-order chi connectivity index (χ1) is 7.48. The van der Waals surface area contributed by atoms with Crippen LogP contribution in [0.25, 0.3) is 0 Å². The van der Waals surface area contributed by atoms with Crippen molar-refractivity contribution in [2.24, 2.45) is 0 Å². The Labute approximate surface area is 95.4 Å². The van der Waals surface area contributed by atoms with Crippen molar-refractivity contribution >= 4 is 15.5 Å². The van der Waals surface area contributed by atoms with Gasteiger partial charge in [-0.15, -0.1) is 0 Å². The van der Waals surface area contributed by atoms with Crippen LogP contribution in [0.1, 0.15) is 12.8 Å². The minimum absolute atomic E-state index is 0.148. The van der Waals surface area contributed by atoms with E-state index < -0.39 is 9.84 Å². The average molecular weight is 241 g/mol. The lowest BCUT2D eigenvalue weighted by atomic mass is 10.2. The molecule has 1 saturated heterocycles. The van der Waals surface area contributed by atoms with Gasteiger partial charge in [0, 0.05) is 19.3 Å². The first kappa shape index (κ1) is 11.3. The number of anilines is 1. The summed E-state index contributed by atoms with van der Waals surface area (Å²) in [5, 5.41) is 9.72. The third kappa shape index (κ3) is 2.14. The Morgan fingerprint density at radius 2 is 1.88 bits per heavy atom. The zero-order chi connectivity index (χ0) is 11.8. The number of sulfone groups is 1. The van der Waals surface area contributed by atoms with E-state index >= 15 is 0 Å². The van der Waals surface area contributed by atoms with Crippen LogP contribution < -0.4 is 4.90 Å². The molecule has 0 spiro atoms. The molecular weight excluding hydrogens is 226 g/mol. The molecule has 4 nitrogen and oxygen atoms in total. The number of phenolic OH excluding ortho intramolecular Hbond substituents is 1. The molecule has 0 aliphatic carbocycles. The maximum absolute atomic E-state index is 11.4. The van der Waals surface area contributed by atoms with Crippen LogP contribution in [0.4, 0.5) is 5.69 Å². The number of hydrogen-bond donors (Lipinski definition) is 1. The zero-order valence-corrected chi connectivity index (χ0v) is 10.00. The highest BCUT2D eigenvalue weighted by Crippen LogP contribution is 2.32. The number of nitrogens with zero attached hydrogens (tertiary/aromatic N) is 1. The van der Waals surface area contributed by atoms with E-state index in [0.717, 1.165) is 25.9 Å². The van der Waals surface area contributed by atoms with Gasteiger partial charge in [-0.1, -0.05) is 0 Å². The molecule has 1 N–H and O–H groups in total. The molecule has 1 aliphatic rings. The molecule has 88 valence electrons. The lowest BCUT2D eigenvalue weighted by molar-refractivity contribution is 0.474. The monoisotopic (exact) mass is 241 g/mol. The van der Waals surface area contributed by atoms with E-state index in [-0.39, 0.29) is 10.6 Å². The standard InChI is InChI=1S/C11H15NO3S/c1-16(14,15)9-4-5-11(13)10(8-9)12-6-2-3-7-12/h4-5,8,13H,2-3,6-7H2,1H3. The maximum atomic E-state index is 11.4. The Morgan fingerprint density at radius 1 is 1.25 bits per heavy atom. The molecule has 16 heavy (non-hydrogen) atoms. The number of benzene rings is 1. The predicted octanol–water partition coefficient (Wildman–Crippen LogP) is 1.40. The summed E-state index contributed by atoms with van der Waals surface area (Å²) in [4.78, 5) is 2.27. The van der Waals surface area contributed by atoms with Gasteiger partial charge in [0.1, 0.15) is 5.75 Å². The molecule has 1 aliphatic heterocycles. The highest BCUT2D eigenvalue weighted by Gasteiger charge is 2.18. The molecule has 0 amide bonds. The van der Waals surface area contributed by atoms with Crippen molar-refractivity contribution in [2.75, 3.05) is 24.2 Å². The van der Waals surface area contributed by atoms with Crippen LogP contribution in [0.2, 0.25) is 0 Å². The van der Waals surface area contributed by atoms with Crippen molar-refractivity contribution in [1.82, 2.24) is 0 Å². The Kier molecular flexibility index (Phi) is 2.80. The topological polar surface area (TPSA) is 57.6 Å². The van der Waals surface area contributed by atoms with Gasteiger partial charge in [-0.25, -0.2) is 8.42 Å². The van der Waals surface area contributed by atoms with Crippen LogP contribution in [0.5, 0.6) is 5.75 Å². The van der Waals surface area contributed by atoms with E-state index in [1.807, 2.05) is 4.90 Å². The predicted molar refractivity (Wildman–Crippen MR) is 62.7 cm³/mol. The van der Waals surface area contributed by atoms with E-state index in [2.05, 4.69) is 0 Å². The van der Waals surface area contributed by atoms with Gasteiger partial charge in [0.25, 0.3) is 0 Å². The second-order valence-electron chi connectivity index (χ2n) is 4.12. The minimum Gasteiger partial charge on any atom is -0.506 e. The lowest BCUT2D eigenvalue weighted by Gasteiger charge is -2.19. The SMILES string of the molecule is CS(=O)(=O)c1ccc(O)c(N2CCCC2)c1. The number of hydrogen-bond acceptors (Lipinski definition) is 4. The Morgan fingerprint density at radius 3 is 2.44 bits per heavy atom. The van der Waals surface area contributed by atoms with Crippen molar-refractivity contribution in [3.05, 3.63) is 18.2 Å². The summed E-state index contributed by atoms with van der Waals surface area (Å²) >= 11 is 0. The molecule has 0 unspecified atom stereocenters. The third-order valence-corrected chi connectivity index (χ3v) is 3.93. The highest BCUT2D eigenvalue weighted by molar-refractivity contribution is 7.90. The molecule has 5 heteroatoms. The largest absolute Gasteiger partial charge is 0.506 e. The molecule has 2 rings (SSSR count). The normalized spacial score (nSPS) is 16.7. The van der Waals surface area contributed by atoms with Gasteiger partial charge in [-0.2, -0.15) is 0 Å².